The van der Waals surface area contributed by atoms with Crippen molar-refractivity contribution in [3.8, 4) is 0 Å². The number of halogens is 1. The topological polar surface area (TPSA) is 57.5 Å². The highest BCUT2D eigenvalue weighted by atomic mass is 19.1. The Bertz CT molecular complexity index is 626. The van der Waals surface area contributed by atoms with Crippen LogP contribution in [0.5, 0.6) is 0 Å². The number of aliphatic hydroxyl groups excluding tert-OH is 1. The molecule has 4 heteroatoms. The van der Waals surface area contributed by atoms with Gasteiger partial charge in [0.2, 0.25) is 0 Å². The van der Waals surface area contributed by atoms with Crippen LogP contribution < -0.4 is 0 Å². The molecule has 0 aliphatic heterocycles. The van der Waals surface area contributed by atoms with Crippen LogP contribution in [0, 0.1) is 22.7 Å². The van der Waals surface area contributed by atoms with Crippen LogP contribution in [0.25, 0.3) is 0 Å². The van der Waals surface area contributed by atoms with Gasteiger partial charge < -0.3 is 10.2 Å². The number of allylic oxidation sites excluding steroid dienone is 1. The van der Waals surface area contributed by atoms with Crippen molar-refractivity contribution in [3.05, 3.63) is 11.6 Å². The molecule has 0 amide bonds. The average Bonchev–Trinajstić information content (AvgIpc) is 2.72. The maximum Gasteiger partial charge on any atom is 0.155 e. The van der Waals surface area contributed by atoms with E-state index in [9.17, 15) is 15.0 Å². The van der Waals surface area contributed by atoms with Crippen molar-refractivity contribution in [2.24, 2.45) is 22.7 Å². The molecule has 3 nitrogen and oxygen atoms in total. The van der Waals surface area contributed by atoms with Gasteiger partial charge in [-0.25, -0.2) is 4.39 Å². The lowest BCUT2D eigenvalue weighted by atomic mass is 9.44. The van der Waals surface area contributed by atoms with Crippen LogP contribution in [0.15, 0.2) is 11.6 Å². The maximum absolute atomic E-state index is 16.6. The molecule has 24 heavy (non-hydrogen) atoms. The Labute approximate surface area is 143 Å². The number of rotatable bonds is 0. The number of hydrogen-bond acceptors (Lipinski definition) is 3. The highest BCUT2D eigenvalue weighted by Gasteiger charge is 2.72. The number of carbonyl (C=O) groups excluding carboxylic acids is 1. The predicted octanol–water partition coefficient (Wildman–Crippen LogP) is 3.33. The second kappa shape index (κ2) is 4.70. The second-order valence-electron chi connectivity index (χ2n) is 9.44. The molecule has 2 N–H and O–H groups in total. The van der Waals surface area contributed by atoms with Crippen molar-refractivity contribution in [1.29, 1.82) is 0 Å². The summed E-state index contributed by atoms with van der Waals surface area (Å²) >= 11 is 0. The largest absolute Gasteiger partial charge is 0.390 e. The van der Waals surface area contributed by atoms with Crippen LogP contribution in [-0.2, 0) is 4.79 Å². The molecule has 0 spiro atoms. The highest BCUT2D eigenvalue weighted by Crippen LogP contribution is 2.70. The third-order valence-electron chi connectivity index (χ3n) is 8.60. The van der Waals surface area contributed by atoms with Gasteiger partial charge in [0, 0.05) is 23.2 Å². The predicted molar refractivity (Wildman–Crippen MR) is 89.1 cm³/mol. The standard InChI is InChI=1S/C20H29FO3/c1-17-8-6-13(22)10-12(17)4-5-15-14-7-9-19(3,24)18(14,2)11-16(23)20(15,17)21/h10,14-16,23-24H,4-9,11H2,1-3H3/t14-,15-,16+,17-,18-,19+,20-/m0/s1. The summed E-state index contributed by atoms with van der Waals surface area (Å²) in [4.78, 5) is 11.8. The summed E-state index contributed by atoms with van der Waals surface area (Å²) in [6, 6.07) is 0. The highest BCUT2D eigenvalue weighted by molar-refractivity contribution is 5.91. The Morgan fingerprint density at radius 1 is 1.12 bits per heavy atom. The number of ketones is 1. The minimum Gasteiger partial charge on any atom is -0.390 e. The van der Waals surface area contributed by atoms with E-state index in [2.05, 4.69) is 0 Å². The monoisotopic (exact) mass is 336 g/mol. The summed E-state index contributed by atoms with van der Waals surface area (Å²) in [6.07, 6.45) is 4.60. The van der Waals surface area contributed by atoms with Gasteiger partial charge in [-0.1, -0.05) is 19.4 Å². The zero-order chi connectivity index (χ0) is 17.5. The molecule has 7 atom stereocenters. The van der Waals surface area contributed by atoms with Gasteiger partial charge in [0.05, 0.1) is 11.7 Å². The molecule has 0 bridgehead atoms. The van der Waals surface area contributed by atoms with Crippen LogP contribution >= 0.6 is 0 Å². The van der Waals surface area contributed by atoms with Gasteiger partial charge in [0.1, 0.15) is 5.67 Å². The molecular formula is C20H29FO3. The Morgan fingerprint density at radius 3 is 2.54 bits per heavy atom. The van der Waals surface area contributed by atoms with Gasteiger partial charge >= 0.3 is 0 Å². The molecular weight excluding hydrogens is 307 g/mol. The molecule has 4 rings (SSSR count). The Kier molecular flexibility index (Phi) is 3.27. The molecule has 0 aromatic carbocycles. The van der Waals surface area contributed by atoms with Crippen molar-refractivity contribution in [1.82, 2.24) is 0 Å². The van der Waals surface area contributed by atoms with Gasteiger partial charge in [-0.3, -0.25) is 4.79 Å². The van der Waals surface area contributed by atoms with E-state index in [1.54, 1.807) is 6.08 Å². The molecule has 0 radical (unpaired) electrons. The molecule has 0 aromatic heterocycles. The fraction of sp³-hybridized carbons (Fsp3) is 0.850. The molecule has 4 aliphatic rings. The number of hydrogen-bond donors (Lipinski definition) is 2. The first-order valence-corrected chi connectivity index (χ1v) is 9.39. The Morgan fingerprint density at radius 2 is 1.83 bits per heavy atom. The molecule has 0 saturated heterocycles. The van der Waals surface area contributed by atoms with Gasteiger partial charge in [-0.15, -0.1) is 0 Å². The van der Waals surface area contributed by atoms with Crippen LogP contribution in [0.1, 0.15) is 65.7 Å². The van der Waals surface area contributed by atoms with Crippen LogP contribution in [-0.4, -0.2) is 33.4 Å². The average molecular weight is 336 g/mol. The van der Waals surface area contributed by atoms with Gasteiger partial charge in [0.15, 0.2) is 5.78 Å². The Balaban J connectivity index is 1.82. The summed E-state index contributed by atoms with van der Waals surface area (Å²) in [5.74, 6) is -0.0593. The van der Waals surface area contributed by atoms with E-state index < -0.39 is 28.2 Å². The lowest BCUT2D eigenvalue weighted by Crippen LogP contribution is -2.68. The Hall–Kier alpha value is -0.740. The normalized spacial score (nSPS) is 57.0. The van der Waals surface area contributed by atoms with E-state index in [1.807, 2.05) is 20.8 Å². The zero-order valence-corrected chi connectivity index (χ0v) is 14.9. The van der Waals surface area contributed by atoms with E-state index in [4.69, 9.17) is 0 Å². The number of carbonyl (C=O) groups is 1. The van der Waals surface area contributed by atoms with Crippen molar-refractivity contribution in [2.45, 2.75) is 83.1 Å². The number of alkyl halides is 1. The summed E-state index contributed by atoms with van der Waals surface area (Å²) in [7, 11) is 0. The summed E-state index contributed by atoms with van der Waals surface area (Å²) < 4.78 is 16.6. The van der Waals surface area contributed by atoms with Crippen molar-refractivity contribution < 1.29 is 19.4 Å². The maximum atomic E-state index is 16.6. The second-order valence-corrected chi connectivity index (χ2v) is 9.44. The van der Waals surface area contributed by atoms with Crippen molar-refractivity contribution in [2.75, 3.05) is 0 Å². The van der Waals surface area contributed by atoms with Gasteiger partial charge in [0.25, 0.3) is 0 Å². The van der Waals surface area contributed by atoms with Gasteiger partial charge in [-0.05, 0) is 57.4 Å². The third-order valence-corrected chi connectivity index (χ3v) is 8.60. The first-order valence-electron chi connectivity index (χ1n) is 9.39. The smallest absolute Gasteiger partial charge is 0.155 e. The van der Waals surface area contributed by atoms with Crippen LogP contribution in [0.2, 0.25) is 0 Å². The van der Waals surface area contributed by atoms with Crippen LogP contribution in [0.4, 0.5) is 4.39 Å². The first kappa shape index (κ1) is 16.7. The van der Waals surface area contributed by atoms with E-state index in [-0.39, 0.29) is 17.6 Å². The molecule has 0 unspecified atom stereocenters. The lowest BCUT2D eigenvalue weighted by Gasteiger charge is -2.63. The molecule has 134 valence electrons. The molecule has 0 heterocycles. The van der Waals surface area contributed by atoms with E-state index >= 15 is 4.39 Å². The molecule has 3 saturated carbocycles. The zero-order valence-electron chi connectivity index (χ0n) is 14.9. The number of fused-ring (bicyclic) bond motifs is 5. The van der Waals surface area contributed by atoms with Crippen molar-refractivity contribution in [3.63, 3.8) is 0 Å². The summed E-state index contributed by atoms with van der Waals surface area (Å²) in [5, 5.41) is 21.9. The molecule has 0 aromatic rings. The molecule has 4 aliphatic carbocycles. The van der Waals surface area contributed by atoms with Gasteiger partial charge in [-0.2, -0.15) is 0 Å². The summed E-state index contributed by atoms with van der Waals surface area (Å²) in [6.45, 7) is 5.79. The van der Waals surface area contributed by atoms with Crippen LogP contribution in [0.3, 0.4) is 0 Å². The van der Waals surface area contributed by atoms with E-state index in [0.29, 0.717) is 32.1 Å². The minimum absolute atomic E-state index is 0.0865. The molecule has 3 fully saturated rings. The quantitative estimate of drug-likeness (QED) is 0.713. The van der Waals surface area contributed by atoms with Crippen molar-refractivity contribution >= 4 is 5.78 Å². The lowest BCUT2D eigenvalue weighted by molar-refractivity contribution is -0.225. The fourth-order valence-electron chi connectivity index (χ4n) is 6.79. The SMILES string of the molecule is C[C@]12CCC(=O)C=C1CC[C@H]1[C@@H]3CC[C@@](C)(O)[C@@]3(C)C[C@@H](O)[C@@]12F. The third kappa shape index (κ3) is 1.72. The first-order chi connectivity index (χ1) is 11.1. The number of aliphatic hydroxyl groups is 2. The van der Waals surface area contributed by atoms with E-state index in [0.717, 1.165) is 18.4 Å². The summed E-state index contributed by atoms with van der Waals surface area (Å²) in [5.41, 5.74) is -2.83. The van der Waals surface area contributed by atoms with E-state index in [1.165, 1.54) is 0 Å². The minimum atomic E-state index is -1.69. The fourth-order valence-corrected chi connectivity index (χ4v) is 6.79.